The summed E-state index contributed by atoms with van der Waals surface area (Å²) in [6.45, 7) is 0. The lowest BCUT2D eigenvalue weighted by Crippen LogP contribution is -2.04. The van der Waals surface area contributed by atoms with Crippen LogP contribution in [0.1, 0.15) is 17.0 Å². The van der Waals surface area contributed by atoms with Gasteiger partial charge >= 0.3 is 0 Å². The second-order valence-corrected chi connectivity index (χ2v) is 4.97. The summed E-state index contributed by atoms with van der Waals surface area (Å²) in [7, 11) is 1.65. The van der Waals surface area contributed by atoms with Gasteiger partial charge in [0.2, 0.25) is 0 Å². The Hall–Kier alpha value is -1.68. The number of aromatic nitrogens is 1. The van der Waals surface area contributed by atoms with E-state index in [9.17, 15) is 4.79 Å². The van der Waals surface area contributed by atoms with Crippen LogP contribution in [0.5, 0.6) is 5.75 Å². The first-order valence-electron chi connectivity index (χ1n) is 5.81. The Morgan fingerprint density at radius 3 is 2.72 bits per heavy atom. The van der Waals surface area contributed by atoms with E-state index in [2.05, 4.69) is 4.98 Å². The van der Waals surface area contributed by atoms with Gasteiger partial charge in [-0.05, 0) is 24.1 Å². The van der Waals surface area contributed by atoms with Crippen molar-refractivity contribution in [3.8, 4) is 5.75 Å². The zero-order chi connectivity index (χ0) is 12.8. The van der Waals surface area contributed by atoms with Gasteiger partial charge < -0.3 is 4.74 Å². The number of hydrogen-bond acceptors (Lipinski definition) is 4. The Morgan fingerprint density at radius 1 is 1.33 bits per heavy atom. The average Bonchev–Trinajstić information content (AvgIpc) is 2.90. The number of methoxy groups -OCH3 is 1. The van der Waals surface area contributed by atoms with Gasteiger partial charge in [-0.3, -0.25) is 4.79 Å². The van der Waals surface area contributed by atoms with E-state index in [1.807, 2.05) is 29.6 Å². The van der Waals surface area contributed by atoms with Crippen molar-refractivity contribution in [3.05, 3.63) is 46.4 Å². The third-order valence-electron chi connectivity index (χ3n) is 2.68. The molecule has 1 aromatic carbocycles. The van der Waals surface area contributed by atoms with Crippen molar-refractivity contribution in [2.75, 3.05) is 7.11 Å². The van der Waals surface area contributed by atoms with Crippen LogP contribution in [0.15, 0.2) is 35.8 Å². The highest BCUT2D eigenvalue weighted by Crippen LogP contribution is 2.13. The molecule has 0 aliphatic rings. The number of hydrogen-bond donors (Lipinski definition) is 0. The Morgan fingerprint density at radius 2 is 2.11 bits per heavy atom. The first-order chi connectivity index (χ1) is 8.78. The van der Waals surface area contributed by atoms with E-state index in [0.717, 1.165) is 22.7 Å². The second kappa shape index (κ2) is 6.31. The number of ether oxygens (including phenoxy) is 1. The third-order valence-corrected chi connectivity index (χ3v) is 3.46. The van der Waals surface area contributed by atoms with Crippen molar-refractivity contribution in [2.45, 2.75) is 19.3 Å². The Labute approximate surface area is 110 Å². The molecule has 0 amide bonds. The molecular weight excluding hydrogens is 246 g/mol. The number of benzene rings is 1. The minimum atomic E-state index is 0.237. The quantitative estimate of drug-likeness (QED) is 0.802. The summed E-state index contributed by atoms with van der Waals surface area (Å²) in [6, 6.07) is 7.83. The van der Waals surface area contributed by atoms with Gasteiger partial charge in [0, 0.05) is 18.0 Å². The third kappa shape index (κ3) is 3.67. The average molecular weight is 261 g/mol. The molecular formula is C14H15NO2S. The molecule has 1 aromatic heterocycles. The van der Waals surface area contributed by atoms with Crippen LogP contribution < -0.4 is 4.74 Å². The molecule has 4 heteroatoms. The van der Waals surface area contributed by atoms with Crippen LogP contribution in [0.2, 0.25) is 0 Å². The fourth-order valence-electron chi connectivity index (χ4n) is 1.67. The highest BCUT2D eigenvalue weighted by atomic mass is 32.1. The molecule has 1 heterocycles. The van der Waals surface area contributed by atoms with Crippen molar-refractivity contribution < 1.29 is 9.53 Å². The van der Waals surface area contributed by atoms with Crippen molar-refractivity contribution in [1.82, 2.24) is 4.98 Å². The van der Waals surface area contributed by atoms with Gasteiger partial charge in [0.05, 0.1) is 18.5 Å². The molecule has 0 atom stereocenters. The predicted molar refractivity (Wildman–Crippen MR) is 72.1 cm³/mol. The van der Waals surface area contributed by atoms with Crippen LogP contribution in [0.3, 0.4) is 0 Å². The summed E-state index contributed by atoms with van der Waals surface area (Å²) in [4.78, 5) is 15.9. The molecule has 0 aliphatic carbocycles. The van der Waals surface area contributed by atoms with Crippen LogP contribution in [-0.4, -0.2) is 17.9 Å². The molecule has 0 bridgehead atoms. The van der Waals surface area contributed by atoms with E-state index < -0.39 is 0 Å². The molecule has 0 N–H and O–H groups in total. The van der Waals surface area contributed by atoms with Gasteiger partial charge in [0.25, 0.3) is 0 Å². The second-order valence-electron chi connectivity index (χ2n) is 3.99. The maximum Gasteiger partial charge on any atom is 0.140 e. The van der Waals surface area contributed by atoms with E-state index in [4.69, 9.17) is 4.74 Å². The Bertz CT molecular complexity index is 491. The Kier molecular flexibility index (Phi) is 4.47. The fourth-order valence-corrected chi connectivity index (χ4v) is 2.32. The summed E-state index contributed by atoms with van der Waals surface area (Å²) in [5, 5.41) is 2.79. The fraction of sp³-hybridized carbons (Fsp3) is 0.286. The maximum atomic E-state index is 11.7. The molecule has 0 saturated heterocycles. The minimum Gasteiger partial charge on any atom is -0.497 e. The summed E-state index contributed by atoms with van der Waals surface area (Å²) < 4.78 is 5.09. The number of carbonyl (C=O) groups is 1. The van der Waals surface area contributed by atoms with Gasteiger partial charge in [0.15, 0.2) is 0 Å². The first-order valence-corrected chi connectivity index (χ1v) is 6.69. The highest BCUT2D eigenvalue weighted by Gasteiger charge is 2.06. The van der Waals surface area contributed by atoms with Crippen LogP contribution >= 0.6 is 11.3 Å². The van der Waals surface area contributed by atoms with Gasteiger partial charge in [-0.15, -0.1) is 11.3 Å². The molecule has 0 unspecified atom stereocenters. The van der Waals surface area contributed by atoms with E-state index in [1.165, 1.54) is 11.3 Å². The number of nitrogens with zero attached hydrogens (tertiary/aromatic N) is 1. The zero-order valence-corrected chi connectivity index (χ0v) is 11.1. The van der Waals surface area contributed by atoms with E-state index in [1.54, 1.807) is 13.3 Å². The predicted octanol–water partition coefficient (Wildman–Crippen LogP) is 2.90. The van der Waals surface area contributed by atoms with Gasteiger partial charge in [-0.1, -0.05) is 12.1 Å². The summed E-state index contributed by atoms with van der Waals surface area (Å²) in [5.74, 6) is 1.08. The molecule has 0 fully saturated rings. The highest BCUT2D eigenvalue weighted by molar-refractivity contribution is 7.09. The molecule has 0 aliphatic heterocycles. The van der Waals surface area contributed by atoms with E-state index in [-0.39, 0.29) is 5.78 Å². The molecule has 2 aromatic rings. The standard InChI is InChI=1S/C14H15NO2S/c1-17-13-6-3-11(4-7-13)2-5-12(16)10-14-15-8-9-18-14/h3-4,6-9H,2,5,10H2,1H3. The number of carbonyl (C=O) groups excluding carboxylic acids is 1. The lowest BCUT2D eigenvalue weighted by atomic mass is 10.1. The van der Waals surface area contributed by atoms with Crippen molar-refractivity contribution >= 4 is 17.1 Å². The normalized spacial score (nSPS) is 10.3. The van der Waals surface area contributed by atoms with Crippen molar-refractivity contribution in [2.24, 2.45) is 0 Å². The topological polar surface area (TPSA) is 39.2 Å². The van der Waals surface area contributed by atoms with Gasteiger partial charge in [-0.2, -0.15) is 0 Å². The Balaban J connectivity index is 1.81. The molecule has 0 radical (unpaired) electrons. The molecule has 18 heavy (non-hydrogen) atoms. The molecule has 0 saturated carbocycles. The van der Waals surface area contributed by atoms with Crippen LogP contribution in [0.25, 0.3) is 0 Å². The van der Waals surface area contributed by atoms with Crippen LogP contribution in [0.4, 0.5) is 0 Å². The maximum absolute atomic E-state index is 11.7. The number of thiazole rings is 1. The lowest BCUT2D eigenvalue weighted by molar-refractivity contribution is -0.118. The van der Waals surface area contributed by atoms with Gasteiger partial charge in [0.1, 0.15) is 11.5 Å². The van der Waals surface area contributed by atoms with E-state index in [0.29, 0.717) is 12.8 Å². The first kappa shape index (κ1) is 12.8. The molecule has 3 nitrogen and oxygen atoms in total. The smallest absolute Gasteiger partial charge is 0.140 e. The summed E-state index contributed by atoms with van der Waals surface area (Å²) in [5.41, 5.74) is 1.16. The zero-order valence-electron chi connectivity index (χ0n) is 10.3. The number of rotatable bonds is 6. The summed E-state index contributed by atoms with van der Waals surface area (Å²) >= 11 is 1.53. The number of ketones is 1. The van der Waals surface area contributed by atoms with Crippen molar-refractivity contribution in [1.29, 1.82) is 0 Å². The molecule has 94 valence electrons. The van der Waals surface area contributed by atoms with Gasteiger partial charge in [-0.25, -0.2) is 4.98 Å². The minimum absolute atomic E-state index is 0.237. The lowest BCUT2D eigenvalue weighted by Gasteiger charge is -2.02. The van der Waals surface area contributed by atoms with Crippen LogP contribution in [-0.2, 0) is 17.6 Å². The van der Waals surface area contributed by atoms with E-state index >= 15 is 0 Å². The largest absolute Gasteiger partial charge is 0.497 e. The number of aryl methyl sites for hydroxylation is 1. The molecule has 2 rings (SSSR count). The SMILES string of the molecule is COc1ccc(CCC(=O)Cc2nccs2)cc1. The van der Waals surface area contributed by atoms with Crippen molar-refractivity contribution in [3.63, 3.8) is 0 Å². The number of Topliss-reactive ketones (excluding diaryl/α,β-unsaturated/α-hetero) is 1. The molecule has 0 spiro atoms. The van der Waals surface area contributed by atoms with Crippen LogP contribution in [0, 0.1) is 0 Å². The monoisotopic (exact) mass is 261 g/mol. The summed E-state index contributed by atoms with van der Waals surface area (Å²) in [6.07, 6.45) is 3.52.